The highest BCUT2D eigenvalue weighted by atomic mass is 31.2. The predicted molar refractivity (Wildman–Crippen MR) is 104 cm³/mol. The molecule has 0 saturated heterocycles. The zero-order chi connectivity index (χ0) is 19.6. The quantitative estimate of drug-likeness (QED) is 0.288. The summed E-state index contributed by atoms with van der Waals surface area (Å²) in [6.45, 7) is 0.127. The molecule has 0 N–H and O–H groups in total. The molecule has 0 atom stereocenters. The van der Waals surface area contributed by atoms with Crippen LogP contribution in [-0.4, -0.2) is 36.7 Å². The second-order valence-corrected chi connectivity index (χ2v) is 10.1. The average molecular weight is 412 g/mol. The second kappa shape index (κ2) is 10.6. The molecule has 148 valence electrons. The molecule has 7 nitrogen and oxygen atoms in total. The monoisotopic (exact) mass is 412 g/mol. The van der Waals surface area contributed by atoms with Crippen LogP contribution < -0.4 is 9.05 Å². The fourth-order valence-electron chi connectivity index (χ4n) is 2.31. The molecule has 2 aromatic carbocycles. The first-order valence-corrected chi connectivity index (χ1v) is 11.8. The van der Waals surface area contributed by atoms with E-state index in [1.807, 2.05) is 12.1 Å². The third-order valence-corrected chi connectivity index (χ3v) is 7.93. The topological polar surface area (TPSA) is 72.5 Å². The van der Waals surface area contributed by atoms with Gasteiger partial charge >= 0.3 is 16.6 Å². The van der Waals surface area contributed by atoms with Gasteiger partial charge in [-0.15, -0.1) is 0 Å². The van der Waals surface area contributed by atoms with Crippen LogP contribution in [0, 0.1) is 0 Å². The van der Waals surface area contributed by atoms with E-state index in [0.29, 0.717) is 24.0 Å². The fraction of sp³-hybridized carbons (Fsp3) is 0.333. The molecule has 0 heterocycles. The van der Waals surface area contributed by atoms with Gasteiger partial charge in [-0.1, -0.05) is 36.4 Å². The Morgan fingerprint density at radius 2 is 1.22 bits per heavy atom. The highest BCUT2D eigenvalue weighted by molar-refractivity contribution is 7.49. The Bertz CT molecular complexity index is 656. The largest absolute Gasteiger partial charge is 0.587 e. The highest BCUT2D eigenvalue weighted by Gasteiger charge is 2.38. The van der Waals surface area contributed by atoms with Crippen LogP contribution in [0.2, 0.25) is 6.04 Å². The van der Waals surface area contributed by atoms with Crippen molar-refractivity contribution >= 4 is 16.6 Å². The van der Waals surface area contributed by atoms with Crippen molar-refractivity contribution in [3.8, 4) is 11.5 Å². The van der Waals surface area contributed by atoms with E-state index in [4.69, 9.17) is 26.8 Å². The average Bonchev–Trinajstić information content (AvgIpc) is 2.70. The van der Waals surface area contributed by atoms with E-state index in [2.05, 4.69) is 0 Å². The summed E-state index contributed by atoms with van der Waals surface area (Å²) in [6, 6.07) is 18.0. The maximum absolute atomic E-state index is 13.1. The number of phosphoric acid groups is 1. The Labute approximate surface area is 161 Å². The van der Waals surface area contributed by atoms with Crippen molar-refractivity contribution in [3.63, 3.8) is 0 Å². The summed E-state index contributed by atoms with van der Waals surface area (Å²) in [5.41, 5.74) is 0. The fourth-order valence-corrected chi connectivity index (χ4v) is 5.26. The smallest absolute Gasteiger partial charge is 0.395 e. The van der Waals surface area contributed by atoms with Crippen molar-refractivity contribution in [2.45, 2.75) is 12.5 Å². The van der Waals surface area contributed by atoms with E-state index in [0.717, 1.165) is 0 Å². The first-order valence-electron chi connectivity index (χ1n) is 8.44. The van der Waals surface area contributed by atoms with Gasteiger partial charge in [0, 0.05) is 27.4 Å². The first kappa shape index (κ1) is 21.6. The van der Waals surface area contributed by atoms with Gasteiger partial charge in [-0.3, -0.25) is 4.52 Å². The molecule has 0 unspecified atom stereocenters. The second-order valence-electron chi connectivity index (χ2n) is 5.49. The molecule has 0 aromatic heterocycles. The van der Waals surface area contributed by atoms with Crippen LogP contribution in [0.5, 0.6) is 11.5 Å². The van der Waals surface area contributed by atoms with E-state index >= 15 is 0 Å². The van der Waals surface area contributed by atoms with E-state index in [-0.39, 0.29) is 6.61 Å². The number of hydrogen-bond acceptors (Lipinski definition) is 7. The Morgan fingerprint density at radius 3 is 1.63 bits per heavy atom. The van der Waals surface area contributed by atoms with Gasteiger partial charge in [-0.2, -0.15) is 0 Å². The summed E-state index contributed by atoms with van der Waals surface area (Å²) in [6.07, 6.45) is 0.502. The highest BCUT2D eigenvalue weighted by Crippen LogP contribution is 2.49. The third-order valence-electron chi connectivity index (χ3n) is 3.73. The Hall–Kier alpha value is -1.67. The molecule has 0 amide bonds. The van der Waals surface area contributed by atoms with Crippen LogP contribution in [0.15, 0.2) is 60.7 Å². The Morgan fingerprint density at radius 1 is 0.778 bits per heavy atom. The van der Waals surface area contributed by atoms with Crippen molar-refractivity contribution in [2.75, 3.05) is 27.9 Å². The van der Waals surface area contributed by atoms with Gasteiger partial charge in [-0.25, -0.2) is 4.57 Å². The van der Waals surface area contributed by atoms with Gasteiger partial charge < -0.3 is 22.3 Å². The van der Waals surface area contributed by atoms with E-state index in [1.165, 1.54) is 0 Å². The number of para-hydroxylation sites is 2. The lowest BCUT2D eigenvalue weighted by Gasteiger charge is -2.24. The number of hydrogen-bond donors (Lipinski definition) is 0. The predicted octanol–water partition coefficient (Wildman–Crippen LogP) is 4.54. The minimum Gasteiger partial charge on any atom is -0.395 e. The number of benzene rings is 2. The standard InChI is InChI=1S/C18H25O7PSi/c1-20-27(21-2,22-3)16-10-15-23-26(19,24-17-11-6-4-7-12-17)25-18-13-8-5-9-14-18/h4-9,11-14H,10,15-16H2,1-3H3. The number of phosphoric ester groups is 1. The zero-order valence-corrected chi connectivity index (χ0v) is 17.6. The molecule has 0 radical (unpaired) electrons. The van der Waals surface area contributed by atoms with Gasteiger partial charge in [0.05, 0.1) is 6.61 Å². The van der Waals surface area contributed by atoms with Crippen LogP contribution in [0.1, 0.15) is 6.42 Å². The molecule has 0 fully saturated rings. The van der Waals surface area contributed by atoms with Crippen molar-refractivity contribution < 1.29 is 31.4 Å². The summed E-state index contributed by atoms with van der Waals surface area (Å²) >= 11 is 0. The Balaban J connectivity index is 2.02. The first-order chi connectivity index (χ1) is 13.0. The van der Waals surface area contributed by atoms with Crippen molar-refractivity contribution in [1.29, 1.82) is 0 Å². The van der Waals surface area contributed by atoms with Crippen molar-refractivity contribution in [1.82, 2.24) is 0 Å². The molecule has 0 aliphatic heterocycles. The summed E-state index contributed by atoms with van der Waals surface area (Å²) in [7, 11) is -1.96. The molecule has 9 heteroatoms. The molecule has 2 aromatic rings. The molecule has 27 heavy (non-hydrogen) atoms. The number of rotatable bonds is 12. The van der Waals surface area contributed by atoms with Crippen LogP contribution in [-0.2, 0) is 22.4 Å². The van der Waals surface area contributed by atoms with Crippen LogP contribution >= 0.6 is 7.82 Å². The molecular formula is C18H25O7PSi. The third kappa shape index (κ3) is 6.77. The summed E-state index contributed by atoms with van der Waals surface area (Å²) in [5, 5.41) is 0. The molecule has 0 spiro atoms. The van der Waals surface area contributed by atoms with E-state index in [9.17, 15) is 4.57 Å². The zero-order valence-electron chi connectivity index (χ0n) is 15.7. The maximum atomic E-state index is 13.1. The van der Waals surface area contributed by atoms with Gasteiger partial charge in [-0.05, 0) is 30.7 Å². The lowest BCUT2D eigenvalue weighted by atomic mass is 10.3. The minimum absolute atomic E-state index is 0.127. The lowest BCUT2D eigenvalue weighted by Crippen LogP contribution is -2.42. The SMILES string of the molecule is CO[Si](CCCOP(=O)(Oc1ccccc1)Oc1ccccc1)(OC)OC. The van der Waals surface area contributed by atoms with E-state index in [1.54, 1.807) is 69.9 Å². The lowest BCUT2D eigenvalue weighted by molar-refractivity contribution is 0.119. The normalized spacial score (nSPS) is 12.0. The van der Waals surface area contributed by atoms with Crippen molar-refractivity contribution in [2.24, 2.45) is 0 Å². The molecular weight excluding hydrogens is 387 g/mol. The molecule has 2 rings (SSSR count). The molecule has 0 aliphatic rings. The van der Waals surface area contributed by atoms with Crippen LogP contribution in [0.25, 0.3) is 0 Å². The van der Waals surface area contributed by atoms with Gasteiger partial charge in [0.2, 0.25) is 0 Å². The van der Waals surface area contributed by atoms with Crippen molar-refractivity contribution in [3.05, 3.63) is 60.7 Å². The van der Waals surface area contributed by atoms with Gasteiger partial charge in [0.15, 0.2) is 0 Å². The molecule has 0 bridgehead atoms. The van der Waals surface area contributed by atoms with Gasteiger partial charge in [0.1, 0.15) is 11.5 Å². The van der Waals surface area contributed by atoms with Crippen LogP contribution in [0.4, 0.5) is 0 Å². The summed E-state index contributed by atoms with van der Waals surface area (Å²) in [4.78, 5) is 0. The van der Waals surface area contributed by atoms with Gasteiger partial charge in [0.25, 0.3) is 0 Å². The maximum Gasteiger partial charge on any atom is 0.587 e. The summed E-state index contributed by atoms with van der Waals surface area (Å²) in [5.74, 6) is 0.789. The summed E-state index contributed by atoms with van der Waals surface area (Å²) < 4.78 is 45.9. The van der Waals surface area contributed by atoms with Crippen LogP contribution in [0.3, 0.4) is 0 Å². The Kier molecular flexibility index (Phi) is 8.50. The molecule has 0 aliphatic carbocycles. The minimum atomic E-state index is -3.88. The molecule has 0 saturated carbocycles. The van der Waals surface area contributed by atoms with E-state index < -0.39 is 16.6 Å².